The quantitative estimate of drug-likeness (QED) is 0.505. The van der Waals surface area contributed by atoms with Crippen molar-refractivity contribution in [2.24, 2.45) is 5.84 Å². The predicted molar refractivity (Wildman–Crippen MR) is 53.9 cm³/mol. The van der Waals surface area contributed by atoms with Crippen LogP contribution < -0.4 is 11.3 Å². The Hall–Kier alpha value is -0.540. The van der Waals surface area contributed by atoms with E-state index in [4.69, 9.17) is 10.6 Å². The Kier molecular flexibility index (Phi) is 4.86. The molecule has 76 valence electrons. The Morgan fingerprint density at radius 1 is 1.69 bits per heavy atom. The summed E-state index contributed by atoms with van der Waals surface area (Å²) in [5.41, 5.74) is 2.81. The summed E-state index contributed by atoms with van der Waals surface area (Å²) in [6.45, 7) is 3.03. The van der Waals surface area contributed by atoms with Gasteiger partial charge in [0.2, 0.25) is 0 Å². The molecule has 0 spiro atoms. The first kappa shape index (κ1) is 10.5. The highest BCUT2D eigenvalue weighted by Crippen LogP contribution is 2.16. The normalized spacial score (nSPS) is 19.1. The fraction of sp³-hybridized carbons (Fsp3) is 0.800. The smallest absolute Gasteiger partial charge is 0.110 e. The van der Waals surface area contributed by atoms with Gasteiger partial charge in [0.25, 0.3) is 0 Å². The summed E-state index contributed by atoms with van der Waals surface area (Å²) in [5.74, 6) is 6.52. The minimum atomic E-state index is 0.222. The maximum absolute atomic E-state index is 5.55. The molecule has 3 heteroatoms. The van der Waals surface area contributed by atoms with Crippen LogP contribution in [0.25, 0.3) is 0 Å². The molecule has 3 nitrogen and oxygen atoms in total. The largest absolute Gasteiger partial charge is 0.497 e. The fourth-order valence-corrected chi connectivity index (χ4v) is 1.54. The SMILES string of the molecule is CCCCC(NN)C1=CCCCO1. The van der Waals surface area contributed by atoms with Crippen molar-refractivity contribution in [2.75, 3.05) is 6.61 Å². The second kappa shape index (κ2) is 6.00. The van der Waals surface area contributed by atoms with Crippen LogP contribution in [0.1, 0.15) is 39.0 Å². The second-order valence-electron chi connectivity index (χ2n) is 3.46. The van der Waals surface area contributed by atoms with Crippen LogP contribution in [0.2, 0.25) is 0 Å². The van der Waals surface area contributed by atoms with E-state index in [9.17, 15) is 0 Å². The molecule has 0 aliphatic carbocycles. The Balaban J connectivity index is 2.39. The number of hydrogen-bond donors (Lipinski definition) is 2. The van der Waals surface area contributed by atoms with Gasteiger partial charge in [-0.1, -0.05) is 19.8 Å². The number of unbranched alkanes of at least 4 members (excludes halogenated alkanes) is 1. The standard InChI is InChI=1S/C10H20N2O/c1-2-3-6-9(12-11)10-7-4-5-8-13-10/h7,9,12H,2-6,8,11H2,1H3. The lowest BCUT2D eigenvalue weighted by Crippen LogP contribution is -2.38. The molecule has 0 aromatic heterocycles. The van der Waals surface area contributed by atoms with E-state index in [0.29, 0.717) is 0 Å². The lowest BCUT2D eigenvalue weighted by atomic mass is 10.1. The van der Waals surface area contributed by atoms with Gasteiger partial charge in [0.05, 0.1) is 12.6 Å². The van der Waals surface area contributed by atoms with E-state index in [0.717, 1.165) is 31.6 Å². The Morgan fingerprint density at radius 3 is 3.08 bits per heavy atom. The first-order valence-corrected chi connectivity index (χ1v) is 5.17. The highest BCUT2D eigenvalue weighted by Gasteiger charge is 2.15. The fourth-order valence-electron chi connectivity index (χ4n) is 1.54. The monoisotopic (exact) mass is 184 g/mol. The van der Waals surface area contributed by atoms with Crippen molar-refractivity contribution >= 4 is 0 Å². The summed E-state index contributed by atoms with van der Waals surface area (Å²) >= 11 is 0. The maximum Gasteiger partial charge on any atom is 0.110 e. The molecule has 0 saturated carbocycles. The number of nitrogens with two attached hydrogens (primary N) is 1. The molecule has 0 bridgehead atoms. The molecule has 0 aromatic rings. The van der Waals surface area contributed by atoms with Crippen LogP contribution in [0.4, 0.5) is 0 Å². The van der Waals surface area contributed by atoms with Crippen LogP contribution in [0.3, 0.4) is 0 Å². The van der Waals surface area contributed by atoms with Crippen molar-refractivity contribution < 1.29 is 4.74 Å². The third-order valence-corrected chi connectivity index (χ3v) is 2.35. The van der Waals surface area contributed by atoms with Crippen LogP contribution in [0.5, 0.6) is 0 Å². The van der Waals surface area contributed by atoms with Gasteiger partial charge in [-0.3, -0.25) is 5.84 Å². The molecule has 1 aliphatic heterocycles. The second-order valence-corrected chi connectivity index (χ2v) is 3.46. The average molecular weight is 184 g/mol. The van der Waals surface area contributed by atoms with Crippen molar-refractivity contribution in [3.05, 3.63) is 11.8 Å². The highest BCUT2D eigenvalue weighted by atomic mass is 16.5. The van der Waals surface area contributed by atoms with Gasteiger partial charge in [0, 0.05) is 0 Å². The number of hydrogen-bond acceptors (Lipinski definition) is 3. The van der Waals surface area contributed by atoms with Crippen LogP contribution in [0, 0.1) is 0 Å². The molecule has 0 radical (unpaired) electrons. The van der Waals surface area contributed by atoms with Crippen molar-refractivity contribution in [3.63, 3.8) is 0 Å². The summed E-state index contributed by atoms with van der Waals surface area (Å²) < 4.78 is 5.55. The summed E-state index contributed by atoms with van der Waals surface area (Å²) in [5, 5.41) is 0. The van der Waals surface area contributed by atoms with E-state index in [1.165, 1.54) is 12.8 Å². The zero-order chi connectivity index (χ0) is 9.52. The molecule has 1 heterocycles. The van der Waals surface area contributed by atoms with Crippen LogP contribution in [-0.2, 0) is 4.74 Å². The van der Waals surface area contributed by atoms with Gasteiger partial charge in [-0.15, -0.1) is 0 Å². The summed E-state index contributed by atoms with van der Waals surface area (Å²) in [6, 6.07) is 0.222. The van der Waals surface area contributed by atoms with Crippen molar-refractivity contribution in [3.8, 4) is 0 Å². The zero-order valence-electron chi connectivity index (χ0n) is 8.38. The van der Waals surface area contributed by atoms with Crippen molar-refractivity contribution in [2.45, 2.75) is 45.1 Å². The zero-order valence-corrected chi connectivity index (χ0v) is 8.38. The van der Waals surface area contributed by atoms with Crippen LogP contribution in [-0.4, -0.2) is 12.6 Å². The molecule has 1 aliphatic rings. The molecular formula is C10H20N2O. The van der Waals surface area contributed by atoms with E-state index < -0.39 is 0 Å². The van der Waals surface area contributed by atoms with Crippen LogP contribution in [0.15, 0.2) is 11.8 Å². The van der Waals surface area contributed by atoms with Gasteiger partial charge in [-0.25, -0.2) is 5.43 Å². The van der Waals surface area contributed by atoms with Crippen LogP contribution >= 0.6 is 0 Å². The van der Waals surface area contributed by atoms with E-state index >= 15 is 0 Å². The number of hydrazine groups is 1. The van der Waals surface area contributed by atoms with E-state index in [2.05, 4.69) is 18.4 Å². The average Bonchev–Trinajstić information content (AvgIpc) is 2.21. The molecule has 1 unspecified atom stereocenters. The van der Waals surface area contributed by atoms with Crippen molar-refractivity contribution in [1.82, 2.24) is 5.43 Å². The molecular weight excluding hydrogens is 164 g/mol. The third-order valence-electron chi connectivity index (χ3n) is 2.35. The highest BCUT2D eigenvalue weighted by molar-refractivity contribution is 5.04. The third kappa shape index (κ3) is 3.36. The lowest BCUT2D eigenvalue weighted by molar-refractivity contribution is 0.164. The number of ether oxygens (including phenoxy) is 1. The Morgan fingerprint density at radius 2 is 2.54 bits per heavy atom. The van der Waals surface area contributed by atoms with E-state index in [1.54, 1.807) is 0 Å². The molecule has 1 rings (SSSR count). The van der Waals surface area contributed by atoms with Gasteiger partial charge in [0.15, 0.2) is 0 Å². The van der Waals surface area contributed by atoms with E-state index in [1.807, 2.05) is 0 Å². The maximum atomic E-state index is 5.55. The van der Waals surface area contributed by atoms with Gasteiger partial charge in [-0.2, -0.15) is 0 Å². The molecule has 0 amide bonds. The summed E-state index contributed by atoms with van der Waals surface area (Å²) in [7, 11) is 0. The van der Waals surface area contributed by atoms with Gasteiger partial charge in [0.1, 0.15) is 5.76 Å². The minimum absolute atomic E-state index is 0.222. The van der Waals surface area contributed by atoms with E-state index in [-0.39, 0.29) is 6.04 Å². The summed E-state index contributed by atoms with van der Waals surface area (Å²) in [4.78, 5) is 0. The Bertz CT molecular complexity index is 168. The van der Waals surface area contributed by atoms with Gasteiger partial charge in [-0.05, 0) is 25.3 Å². The number of allylic oxidation sites excluding steroid dienone is 1. The topological polar surface area (TPSA) is 47.3 Å². The molecule has 0 aromatic carbocycles. The van der Waals surface area contributed by atoms with Crippen molar-refractivity contribution in [1.29, 1.82) is 0 Å². The molecule has 1 atom stereocenters. The molecule has 0 fully saturated rings. The number of rotatable bonds is 5. The Labute approximate surface area is 80.3 Å². The molecule has 13 heavy (non-hydrogen) atoms. The minimum Gasteiger partial charge on any atom is -0.497 e. The summed E-state index contributed by atoms with van der Waals surface area (Å²) in [6.07, 6.45) is 7.87. The first-order valence-electron chi connectivity index (χ1n) is 5.17. The molecule has 0 saturated heterocycles. The molecule has 3 N–H and O–H groups in total. The predicted octanol–water partition coefficient (Wildman–Crippen LogP) is 1.70. The first-order chi connectivity index (χ1) is 6.38. The lowest BCUT2D eigenvalue weighted by Gasteiger charge is -2.22. The van der Waals surface area contributed by atoms with Gasteiger partial charge >= 0.3 is 0 Å². The number of nitrogens with one attached hydrogen (secondary N) is 1. The van der Waals surface area contributed by atoms with Gasteiger partial charge < -0.3 is 4.74 Å².